The third kappa shape index (κ3) is 4.99. The summed E-state index contributed by atoms with van der Waals surface area (Å²) in [6.45, 7) is 11.5. The molecule has 1 unspecified atom stereocenters. The molecule has 0 spiro atoms. The summed E-state index contributed by atoms with van der Waals surface area (Å²) in [5.74, 6) is 7.91. The lowest BCUT2D eigenvalue weighted by Gasteiger charge is -2.16. The Morgan fingerprint density at radius 3 is 2.58 bits per heavy atom. The van der Waals surface area contributed by atoms with Gasteiger partial charge in [-0.25, -0.2) is 0 Å². The van der Waals surface area contributed by atoms with Crippen molar-refractivity contribution in [2.45, 2.75) is 53.9 Å². The van der Waals surface area contributed by atoms with Gasteiger partial charge in [0.15, 0.2) is 0 Å². The molecular weight excluding hydrogens is 232 g/mol. The summed E-state index contributed by atoms with van der Waals surface area (Å²) in [6, 6.07) is 4.43. The highest BCUT2D eigenvalue weighted by Gasteiger charge is 2.11. The highest BCUT2D eigenvalue weighted by atomic mass is 16.5. The molecule has 19 heavy (non-hydrogen) atoms. The average molecular weight is 258 g/mol. The predicted octanol–water partition coefficient (Wildman–Crippen LogP) is 4.68. The van der Waals surface area contributed by atoms with E-state index in [0.29, 0.717) is 5.92 Å². The van der Waals surface area contributed by atoms with Crippen LogP contribution in [0.5, 0.6) is 5.75 Å². The molecule has 0 N–H and O–H groups in total. The van der Waals surface area contributed by atoms with E-state index in [1.807, 2.05) is 0 Å². The Labute approximate surface area is 118 Å². The summed E-state index contributed by atoms with van der Waals surface area (Å²) in [6.07, 6.45) is 2.93. The van der Waals surface area contributed by atoms with Gasteiger partial charge in [-0.3, -0.25) is 0 Å². The van der Waals surface area contributed by atoms with Crippen molar-refractivity contribution in [1.82, 2.24) is 0 Å². The van der Waals surface area contributed by atoms with E-state index in [1.165, 1.54) is 16.7 Å². The van der Waals surface area contributed by atoms with E-state index >= 15 is 0 Å². The van der Waals surface area contributed by atoms with E-state index in [-0.39, 0.29) is 0 Å². The molecule has 1 atom stereocenters. The maximum Gasteiger partial charge on any atom is 0.125 e. The van der Waals surface area contributed by atoms with E-state index < -0.39 is 0 Å². The molecule has 0 aromatic heterocycles. The molecule has 1 aromatic rings. The normalized spacial score (nSPS) is 11.6. The van der Waals surface area contributed by atoms with Crippen molar-refractivity contribution in [1.29, 1.82) is 0 Å². The fourth-order valence-electron chi connectivity index (χ4n) is 2.26. The molecule has 0 amide bonds. The minimum atomic E-state index is 0.380. The number of hydrogen-bond donors (Lipinski definition) is 0. The first-order valence-electron chi connectivity index (χ1n) is 7.29. The maximum atomic E-state index is 5.93. The molecule has 1 nitrogen and oxygen atoms in total. The van der Waals surface area contributed by atoms with Crippen LogP contribution >= 0.6 is 0 Å². The summed E-state index contributed by atoms with van der Waals surface area (Å²) in [5, 5.41) is 0. The molecular formula is C18H26O. The van der Waals surface area contributed by atoms with Crippen molar-refractivity contribution in [3.63, 3.8) is 0 Å². The first-order chi connectivity index (χ1) is 9.08. The van der Waals surface area contributed by atoms with Crippen LogP contribution in [0.4, 0.5) is 0 Å². The van der Waals surface area contributed by atoms with Crippen molar-refractivity contribution in [2.24, 2.45) is 5.92 Å². The molecule has 0 saturated carbocycles. The second-order valence-electron chi connectivity index (χ2n) is 5.20. The van der Waals surface area contributed by atoms with Crippen LogP contribution in [-0.4, -0.2) is 6.61 Å². The van der Waals surface area contributed by atoms with Gasteiger partial charge in [-0.15, -0.1) is 5.92 Å². The molecule has 104 valence electrons. The van der Waals surface area contributed by atoms with Gasteiger partial charge in [0.2, 0.25) is 0 Å². The first-order valence-corrected chi connectivity index (χ1v) is 7.29. The van der Waals surface area contributed by atoms with Gasteiger partial charge < -0.3 is 4.74 Å². The Morgan fingerprint density at radius 2 is 1.95 bits per heavy atom. The molecule has 1 aromatic carbocycles. The van der Waals surface area contributed by atoms with Gasteiger partial charge in [0.1, 0.15) is 5.75 Å². The molecule has 0 aliphatic heterocycles. The summed E-state index contributed by atoms with van der Waals surface area (Å²) in [7, 11) is 0. The van der Waals surface area contributed by atoms with Crippen LogP contribution < -0.4 is 4.74 Å². The van der Waals surface area contributed by atoms with Crippen molar-refractivity contribution in [3.05, 3.63) is 28.8 Å². The number of benzene rings is 1. The lowest BCUT2D eigenvalue weighted by molar-refractivity contribution is 0.311. The van der Waals surface area contributed by atoms with E-state index in [9.17, 15) is 0 Å². The van der Waals surface area contributed by atoms with Crippen LogP contribution in [-0.2, 0) is 6.42 Å². The molecule has 0 bridgehead atoms. The first kappa shape index (κ1) is 15.6. The van der Waals surface area contributed by atoms with E-state index in [4.69, 9.17) is 4.74 Å². The van der Waals surface area contributed by atoms with Crippen molar-refractivity contribution in [3.8, 4) is 17.6 Å². The lowest BCUT2D eigenvalue weighted by Crippen LogP contribution is -2.05. The van der Waals surface area contributed by atoms with Gasteiger partial charge >= 0.3 is 0 Å². The van der Waals surface area contributed by atoms with E-state index in [2.05, 4.69) is 58.6 Å². The molecule has 0 saturated heterocycles. The predicted molar refractivity (Wildman–Crippen MR) is 82.6 cm³/mol. The van der Waals surface area contributed by atoms with Crippen molar-refractivity contribution >= 4 is 0 Å². The van der Waals surface area contributed by atoms with Gasteiger partial charge in [0.25, 0.3) is 0 Å². The summed E-state index contributed by atoms with van der Waals surface area (Å²) < 4.78 is 5.93. The van der Waals surface area contributed by atoms with Crippen molar-refractivity contribution < 1.29 is 4.74 Å². The van der Waals surface area contributed by atoms with Crippen LogP contribution in [0.1, 0.15) is 50.3 Å². The zero-order valence-electron chi connectivity index (χ0n) is 13.0. The van der Waals surface area contributed by atoms with E-state index in [0.717, 1.165) is 31.6 Å². The number of rotatable bonds is 5. The monoisotopic (exact) mass is 258 g/mol. The molecule has 0 radical (unpaired) electrons. The zero-order chi connectivity index (χ0) is 14.3. The highest BCUT2D eigenvalue weighted by Crippen LogP contribution is 2.27. The Hall–Kier alpha value is -1.42. The van der Waals surface area contributed by atoms with E-state index in [1.54, 1.807) is 0 Å². The highest BCUT2D eigenvalue weighted by molar-refractivity contribution is 5.44. The SMILES string of the molecule is CCC#CC(C)Cc1cc(C)cc(C)c1OCCC. The van der Waals surface area contributed by atoms with Gasteiger partial charge in [0, 0.05) is 12.3 Å². The fourth-order valence-corrected chi connectivity index (χ4v) is 2.26. The zero-order valence-corrected chi connectivity index (χ0v) is 13.0. The molecule has 0 heterocycles. The number of hydrogen-bond acceptors (Lipinski definition) is 1. The summed E-state index contributed by atoms with van der Waals surface area (Å²) in [4.78, 5) is 0. The summed E-state index contributed by atoms with van der Waals surface area (Å²) in [5.41, 5.74) is 3.83. The van der Waals surface area contributed by atoms with Crippen LogP contribution in [0, 0.1) is 31.6 Å². The lowest BCUT2D eigenvalue weighted by atomic mass is 9.96. The Bertz CT molecular complexity index is 463. The molecule has 0 fully saturated rings. The third-order valence-electron chi connectivity index (χ3n) is 3.00. The second-order valence-corrected chi connectivity index (χ2v) is 5.20. The summed E-state index contributed by atoms with van der Waals surface area (Å²) >= 11 is 0. The average Bonchev–Trinajstić information content (AvgIpc) is 2.35. The minimum Gasteiger partial charge on any atom is -0.493 e. The quantitative estimate of drug-likeness (QED) is 0.696. The van der Waals surface area contributed by atoms with Gasteiger partial charge in [-0.2, -0.15) is 0 Å². The van der Waals surface area contributed by atoms with Crippen LogP contribution in [0.3, 0.4) is 0 Å². The van der Waals surface area contributed by atoms with Crippen LogP contribution in [0.2, 0.25) is 0 Å². The molecule has 0 aliphatic rings. The van der Waals surface area contributed by atoms with Crippen LogP contribution in [0.25, 0.3) is 0 Å². The van der Waals surface area contributed by atoms with Crippen LogP contribution in [0.15, 0.2) is 12.1 Å². The number of aryl methyl sites for hydroxylation is 2. The topological polar surface area (TPSA) is 9.23 Å². The Kier molecular flexibility index (Phi) is 6.50. The Balaban J connectivity index is 2.96. The van der Waals surface area contributed by atoms with Gasteiger partial charge in [-0.05, 0) is 37.8 Å². The number of ether oxygens (including phenoxy) is 1. The van der Waals surface area contributed by atoms with Gasteiger partial charge in [0.05, 0.1) is 6.61 Å². The minimum absolute atomic E-state index is 0.380. The fraction of sp³-hybridized carbons (Fsp3) is 0.556. The van der Waals surface area contributed by atoms with Crippen molar-refractivity contribution in [2.75, 3.05) is 6.61 Å². The Morgan fingerprint density at radius 1 is 1.21 bits per heavy atom. The smallest absolute Gasteiger partial charge is 0.125 e. The largest absolute Gasteiger partial charge is 0.493 e. The molecule has 1 rings (SSSR count). The maximum absolute atomic E-state index is 5.93. The second kappa shape index (κ2) is 7.89. The van der Waals surface area contributed by atoms with Gasteiger partial charge in [-0.1, -0.05) is 44.4 Å². The third-order valence-corrected chi connectivity index (χ3v) is 3.00. The standard InChI is InChI=1S/C18H26O/c1-6-8-9-14(3)12-17-13-15(4)11-16(5)18(17)19-10-7-2/h11,13-14H,6-7,10,12H2,1-5H3. The molecule has 1 heteroatoms. The molecule has 0 aliphatic carbocycles.